The van der Waals surface area contributed by atoms with E-state index in [1.54, 1.807) is 6.92 Å². The molecule has 0 unspecified atom stereocenters. The van der Waals surface area contributed by atoms with Crippen LogP contribution in [0, 0.1) is 6.92 Å². The van der Waals surface area contributed by atoms with Crippen LogP contribution < -0.4 is 10.5 Å². The van der Waals surface area contributed by atoms with E-state index in [0.29, 0.717) is 17.8 Å². The molecule has 0 atom stereocenters. The van der Waals surface area contributed by atoms with Gasteiger partial charge >= 0.3 is 0 Å². The molecule has 0 bridgehead atoms. The Morgan fingerprint density at radius 2 is 2.20 bits per heavy atom. The van der Waals surface area contributed by atoms with E-state index < -0.39 is 10.0 Å². The number of hydrogen-bond acceptors (Lipinski definition) is 4. The van der Waals surface area contributed by atoms with Crippen LogP contribution in [0.15, 0.2) is 0 Å². The zero-order valence-electron chi connectivity index (χ0n) is 8.87. The van der Waals surface area contributed by atoms with Gasteiger partial charge in [0.2, 0.25) is 10.0 Å². The average Bonchev–Trinajstić information content (AvgIpc) is 2.46. The van der Waals surface area contributed by atoms with Crippen LogP contribution in [0.2, 0.25) is 0 Å². The lowest BCUT2D eigenvalue weighted by Gasteiger charge is -2.04. The largest absolute Gasteiger partial charge is 0.394 e. The molecule has 0 aliphatic carbocycles. The van der Waals surface area contributed by atoms with Crippen LogP contribution in [0.4, 0.5) is 11.5 Å². The third-order valence-corrected chi connectivity index (χ3v) is 3.34. The first-order valence-electron chi connectivity index (χ1n) is 4.77. The Kier molecular flexibility index (Phi) is 3.57. The van der Waals surface area contributed by atoms with E-state index in [9.17, 15) is 8.42 Å². The number of nitrogens with two attached hydrogens (primary N) is 1. The Morgan fingerprint density at radius 3 is 2.67 bits per heavy atom. The molecule has 0 aliphatic rings. The highest BCUT2D eigenvalue weighted by atomic mass is 32.2. The molecule has 1 aromatic rings. The van der Waals surface area contributed by atoms with Gasteiger partial charge < -0.3 is 5.73 Å². The number of nitrogens with one attached hydrogen (secondary N) is 2. The Morgan fingerprint density at radius 1 is 1.53 bits per heavy atom. The van der Waals surface area contributed by atoms with E-state index in [1.165, 1.54) is 0 Å². The van der Waals surface area contributed by atoms with E-state index in [2.05, 4.69) is 14.9 Å². The van der Waals surface area contributed by atoms with Gasteiger partial charge in [0.05, 0.1) is 17.1 Å². The summed E-state index contributed by atoms with van der Waals surface area (Å²) < 4.78 is 25.3. The van der Waals surface area contributed by atoms with Crippen LogP contribution in [0.3, 0.4) is 0 Å². The van der Waals surface area contributed by atoms with Crippen molar-refractivity contribution >= 4 is 21.5 Å². The summed E-state index contributed by atoms with van der Waals surface area (Å²) in [7, 11) is -3.32. The summed E-state index contributed by atoms with van der Waals surface area (Å²) in [5.74, 6) is 0.276. The number of H-pyrrole nitrogens is 1. The number of rotatable bonds is 5. The van der Waals surface area contributed by atoms with Crippen molar-refractivity contribution in [3.8, 4) is 0 Å². The minimum atomic E-state index is -3.32. The first-order chi connectivity index (χ1) is 6.96. The molecule has 15 heavy (non-hydrogen) atoms. The summed E-state index contributed by atoms with van der Waals surface area (Å²) in [4.78, 5) is 0. The van der Waals surface area contributed by atoms with Gasteiger partial charge in [-0.1, -0.05) is 13.3 Å². The van der Waals surface area contributed by atoms with E-state index in [0.717, 1.165) is 6.42 Å². The molecule has 0 saturated carbocycles. The second kappa shape index (κ2) is 4.52. The van der Waals surface area contributed by atoms with Crippen molar-refractivity contribution in [3.63, 3.8) is 0 Å². The topological polar surface area (TPSA) is 101 Å². The van der Waals surface area contributed by atoms with Crippen LogP contribution in [-0.4, -0.2) is 24.4 Å². The van der Waals surface area contributed by atoms with Gasteiger partial charge in [0, 0.05) is 0 Å². The van der Waals surface area contributed by atoms with E-state index >= 15 is 0 Å². The van der Waals surface area contributed by atoms with Crippen LogP contribution in [0.25, 0.3) is 0 Å². The smallest absolute Gasteiger partial charge is 0.233 e. The average molecular weight is 232 g/mol. The summed E-state index contributed by atoms with van der Waals surface area (Å²) >= 11 is 0. The Labute approximate surface area is 89.3 Å². The second-order valence-corrected chi connectivity index (χ2v) is 5.23. The number of aromatic amines is 1. The van der Waals surface area contributed by atoms with Gasteiger partial charge in [0.15, 0.2) is 5.82 Å². The SMILES string of the molecule is CCCCS(=O)(=O)Nc1n[nH]c(C)c1N. The van der Waals surface area contributed by atoms with Crippen molar-refractivity contribution in [2.24, 2.45) is 0 Å². The standard InChI is InChI=1S/C8H16N4O2S/c1-3-4-5-15(13,14)12-8-7(9)6(2)10-11-8/h3-5,9H2,1-2H3,(H2,10,11,12). The molecule has 86 valence electrons. The summed E-state index contributed by atoms with van der Waals surface area (Å²) in [6.07, 6.45) is 1.45. The summed E-state index contributed by atoms with van der Waals surface area (Å²) in [6.45, 7) is 3.66. The first-order valence-corrected chi connectivity index (χ1v) is 6.42. The molecule has 6 nitrogen and oxygen atoms in total. The van der Waals surface area contributed by atoms with Gasteiger partial charge in [-0.25, -0.2) is 8.42 Å². The van der Waals surface area contributed by atoms with Crippen LogP contribution in [0.1, 0.15) is 25.5 Å². The molecule has 0 amide bonds. The minimum absolute atomic E-state index is 0.0921. The maximum absolute atomic E-state index is 11.5. The van der Waals surface area contributed by atoms with Crippen molar-refractivity contribution < 1.29 is 8.42 Å². The molecule has 0 aliphatic heterocycles. The van der Waals surface area contributed by atoms with E-state index in [4.69, 9.17) is 5.73 Å². The van der Waals surface area contributed by atoms with Gasteiger partial charge in [-0.3, -0.25) is 9.82 Å². The summed E-state index contributed by atoms with van der Waals surface area (Å²) in [6, 6.07) is 0. The normalized spacial score (nSPS) is 11.6. The van der Waals surface area contributed by atoms with Gasteiger partial charge in [-0.05, 0) is 13.3 Å². The molecular weight excluding hydrogens is 216 g/mol. The highest BCUT2D eigenvalue weighted by molar-refractivity contribution is 7.92. The van der Waals surface area contributed by atoms with Gasteiger partial charge in [0.25, 0.3) is 0 Å². The van der Waals surface area contributed by atoms with Crippen molar-refractivity contribution in [2.75, 3.05) is 16.2 Å². The predicted octanol–water partition coefficient (Wildman–Crippen LogP) is 0.842. The molecule has 4 N–H and O–H groups in total. The highest BCUT2D eigenvalue weighted by Crippen LogP contribution is 2.19. The van der Waals surface area contributed by atoms with Crippen molar-refractivity contribution in [2.45, 2.75) is 26.7 Å². The van der Waals surface area contributed by atoms with Crippen LogP contribution in [0.5, 0.6) is 0 Å². The Balaban J connectivity index is 2.73. The number of hydrogen-bond donors (Lipinski definition) is 3. The molecule has 1 rings (SSSR count). The van der Waals surface area contributed by atoms with E-state index in [1.807, 2.05) is 6.92 Å². The number of sulfonamides is 1. The Bertz CT molecular complexity index is 424. The molecule has 0 radical (unpaired) electrons. The second-order valence-electron chi connectivity index (χ2n) is 3.39. The molecule has 0 spiro atoms. The first kappa shape index (κ1) is 11.8. The lowest BCUT2D eigenvalue weighted by molar-refractivity contribution is 0.597. The molecule has 0 aromatic carbocycles. The lowest BCUT2D eigenvalue weighted by Crippen LogP contribution is -2.17. The monoisotopic (exact) mass is 232 g/mol. The molecule has 7 heteroatoms. The molecule has 0 fully saturated rings. The quantitative estimate of drug-likeness (QED) is 0.700. The third kappa shape index (κ3) is 3.12. The number of nitrogens with zero attached hydrogens (tertiary/aromatic N) is 1. The molecule has 1 aromatic heterocycles. The highest BCUT2D eigenvalue weighted by Gasteiger charge is 2.14. The predicted molar refractivity (Wildman–Crippen MR) is 60.1 cm³/mol. The van der Waals surface area contributed by atoms with Crippen molar-refractivity contribution in [1.29, 1.82) is 0 Å². The van der Waals surface area contributed by atoms with Crippen LogP contribution in [-0.2, 0) is 10.0 Å². The third-order valence-electron chi connectivity index (χ3n) is 2.01. The van der Waals surface area contributed by atoms with Gasteiger partial charge in [0.1, 0.15) is 0 Å². The number of aryl methyl sites for hydroxylation is 1. The summed E-state index contributed by atoms with van der Waals surface area (Å²) in [5.41, 5.74) is 6.62. The number of unbranched alkanes of at least 4 members (excludes halogenated alkanes) is 1. The summed E-state index contributed by atoms with van der Waals surface area (Å²) in [5, 5.41) is 6.38. The maximum Gasteiger partial charge on any atom is 0.233 e. The zero-order chi connectivity index (χ0) is 11.5. The van der Waals surface area contributed by atoms with Crippen molar-refractivity contribution in [3.05, 3.63) is 5.69 Å². The molecule has 1 heterocycles. The number of aromatic nitrogens is 2. The molecule has 0 saturated heterocycles. The fourth-order valence-electron chi connectivity index (χ4n) is 1.05. The number of anilines is 2. The van der Waals surface area contributed by atoms with Gasteiger partial charge in [-0.2, -0.15) is 5.10 Å². The van der Waals surface area contributed by atoms with Gasteiger partial charge in [-0.15, -0.1) is 0 Å². The van der Waals surface area contributed by atoms with Crippen LogP contribution >= 0.6 is 0 Å². The van der Waals surface area contributed by atoms with E-state index in [-0.39, 0.29) is 11.6 Å². The van der Waals surface area contributed by atoms with Crippen molar-refractivity contribution in [1.82, 2.24) is 10.2 Å². The lowest BCUT2D eigenvalue weighted by atomic mass is 10.4. The zero-order valence-corrected chi connectivity index (χ0v) is 9.69. The number of nitrogen functional groups attached to an aromatic ring is 1. The fraction of sp³-hybridized carbons (Fsp3) is 0.625. The maximum atomic E-state index is 11.5. The molecular formula is C8H16N4O2S. The fourth-order valence-corrected chi connectivity index (χ4v) is 2.27. The Hall–Kier alpha value is -1.24. The minimum Gasteiger partial charge on any atom is -0.394 e.